The standard InChI is InChI=1S/C16H22FN5O/c1-10(2)15-20-14(16(23)19-9-11(3)8-18)21-22(15)13-6-4-5-12(17)7-13/h4-7,10-11H,8-9,18H2,1-3H3,(H,19,23). The lowest BCUT2D eigenvalue weighted by molar-refractivity contribution is 0.0938. The third-order valence-electron chi connectivity index (χ3n) is 3.42. The summed E-state index contributed by atoms with van der Waals surface area (Å²) >= 11 is 0. The van der Waals surface area contributed by atoms with Gasteiger partial charge in [0.1, 0.15) is 11.6 Å². The molecule has 1 unspecified atom stereocenters. The second kappa shape index (κ2) is 7.32. The maximum Gasteiger partial charge on any atom is 0.290 e. The Bertz CT molecular complexity index is 683. The largest absolute Gasteiger partial charge is 0.349 e. The highest BCUT2D eigenvalue weighted by Gasteiger charge is 2.19. The molecule has 7 heteroatoms. The monoisotopic (exact) mass is 319 g/mol. The SMILES string of the molecule is CC(CN)CNC(=O)c1nc(C(C)C)n(-c2cccc(F)c2)n1. The molecule has 0 aliphatic rings. The van der Waals surface area contributed by atoms with Gasteiger partial charge in [0.2, 0.25) is 5.82 Å². The second-order valence-electron chi connectivity index (χ2n) is 5.89. The maximum absolute atomic E-state index is 13.4. The van der Waals surface area contributed by atoms with Crippen LogP contribution in [-0.4, -0.2) is 33.8 Å². The zero-order chi connectivity index (χ0) is 17.0. The second-order valence-corrected chi connectivity index (χ2v) is 5.89. The van der Waals surface area contributed by atoms with Crippen LogP contribution in [0.25, 0.3) is 5.69 Å². The fourth-order valence-corrected chi connectivity index (χ4v) is 2.02. The van der Waals surface area contributed by atoms with E-state index in [1.165, 1.54) is 16.8 Å². The molecule has 0 radical (unpaired) electrons. The van der Waals surface area contributed by atoms with E-state index in [1.807, 2.05) is 20.8 Å². The lowest BCUT2D eigenvalue weighted by Gasteiger charge is -2.08. The molecule has 23 heavy (non-hydrogen) atoms. The average molecular weight is 319 g/mol. The summed E-state index contributed by atoms with van der Waals surface area (Å²) in [4.78, 5) is 16.5. The van der Waals surface area contributed by atoms with E-state index in [0.717, 1.165) is 0 Å². The van der Waals surface area contributed by atoms with Gasteiger partial charge in [-0.1, -0.05) is 26.8 Å². The smallest absolute Gasteiger partial charge is 0.290 e. The van der Waals surface area contributed by atoms with E-state index in [9.17, 15) is 9.18 Å². The zero-order valence-corrected chi connectivity index (χ0v) is 13.6. The van der Waals surface area contributed by atoms with Gasteiger partial charge in [0.25, 0.3) is 5.91 Å². The average Bonchev–Trinajstić information content (AvgIpc) is 2.97. The van der Waals surface area contributed by atoms with Gasteiger partial charge in [-0.3, -0.25) is 4.79 Å². The van der Waals surface area contributed by atoms with Crippen molar-refractivity contribution in [1.82, 2.24) is 20.1 Å². The van der Waals surface area contributed by atoms with Crippen molar-refractivity contribution in [2.45, 2.75) is 26.7 Å². The van der Waals surface area contributed by atoms with Crippen LogP contribution in [0.4, 0.5) is 4.39 Å². The van der Waals surface area contributed by atoms with Crippen molar-refractivity contribution in [3.63, 3.8) is 0 Å². The van der Waals surface area contributed by atoms with Crippen LogP contribution < -0.4 is 11.1 Å². The Labute approximate surface area is 134 Å². The van der Waals surface area contributed by atoms with Crippen LogP contribution in [-0.2, 0) is 0 Å². The number of benzene rings is 1. The number of hydrogen-bond acceptors (Lipinski definition) is 4. The summed E-state index contributed by atoms with van der Waals surface area (Å²) in [5.41, 5.74) is 6.07. The summed E-state index contributed by atoms with van der Waals surface area (Å²) in [6.07, 6.45) is 0. The number of nitrogens with one attached hydrogen (secondary N) is 1. The first kappa shape index (κ1) is 17.1. The first-order chi connectivity index (χ1) is 10.9. The third-order valence-corrected chi connectivity index (χ3v) is 3.42. The van der Waals surface area contributed by atoms with Gasteiger partial charge < -0.3 is 11.1 Å². The van der Waals surface area contributed by atoms with E-state index in [1.54, 1.807) is 12.1 Å². The molecule has 0 spiro atoms. The molecule has 2 aromatic rings. The van der Waals surface area contributed by atoms with Gasteiger partial charge in [-0.15, -0.1) is 5.10 Å². The number of nitrogens with zero attached hydrogens (tertiary/aromatic N) is 3. The summed E-state index contributed by atoms with van der Waals surface area (Å²) < 4.78 is 15.0. The van der Waals surface area contributed by atoms with Crippen molar-refractivity contribution >= 4 is 5.91 Å². The number of amides is 1. The summed E-state index contributed by atoms with van der Waals surface area (Å²) in [5, 5.41) is 7.00. The minimum Gasteiger partial charge on any atom is -0.349 e. The first-order valence-electron chi connectivity index (χ1n) is 7.63. The van der Waals surface area contributed by atoms with Crippen molar-refractivity contribution in [3.8, 4) is 5.69 Å². The highest BCUT2D eigenvalue weighted by molar-refractivity contribution is 5.90. The zero-order valence-electron chi connectivity index (χ0n) is 13.6. The third kappa shape index (κ3) is 4.13. The molecule has 1 aromatic heterocycles. The van der Waals surface area contributed by atoms with Gasteiger partial charge in [0.15, 0.2) is 0 Å². The van der Waals surface area contributed by atoms with E-state index in [0.29, 0.717) is 24.6 Å². The van der Waals surface area contributed by atoms with Gasteiger partial charge in [-0.05, 0) is 30.7 Å². The number of carbonyl (C=O) groups excluding carboxylic acids is 1. The molecule has 3 N–H and O–H groups in total. The maximum atomic E-state index is 13.4. The lowest BCUT2D eigenvalue weighted by Crippen LogP contribution is -2.32. The van der Waals surface area contributed by atoms with Crippen LogP contribution in [0.5, 0.6) is 0 Å². The number of rotatable bonds is 6. The van der Waals surface area contributed by atoms with Crippen LogP contribution in [0.2, 0.25) is 0 Å². The topological polar surface area (TPSA) is 85.8 Å². The van der Waals surface area contributed by atoms with Crippen molar-refractivity contribution in [1.29, 1.82) is 0 Å². The van der Waals surface area contributed by atoms with Crippen molar-refractivity contribution in [2.24, 2.45) is 11.7 Å². The Morgan fingerprint density at radius 1 is 1.39 bits per heavy atom. The number of aromatic nitrogens is 3. The van der Waals surface area contributed by atoms with Crippen LogP contribution >= 0.6 is 0 Å². The Morgan fingerprint density at radius 3 is 2.74 bits per heavy atom. The predicted molar refractivity (Wildman–Crippen MR) is 86.0 cm³/mol. The van der Waals surface area contributed by atoms with Crippen molar-refractivity contribution in [3.05, 3.63) is 41.7 Å². The van der Waals surface area contributed by atoms with E-state index in [4.69, 9.17) is 5.73 Å². The van der Waals surface area contributed by atoms with E-state index in [2.05, 4.69) is 15.4 Å². The highest BCUT2D eigenvalue weighted by atomic mass is 19.1. The molecule has 0 fully saturated rings. The van der Waals surface area contributed by atoms with Crippen molar-refractivity contribution < 1.29 is 9.18 Å². The molecular formula is C16H22FN5O. The first-order valence-corrected chi connectivity index (χ1v) is 7.63. The minimum atomic E-state index is -0.365. The number of hydrogen-bond donors (Lipinski definition) is 2. The molecule has 0 aliphatic carbocycles. The number of halogens is 1. The highest BCUT2D eigenvalue weighted by Crippen LogP contribution is 2.18. The molecule has 1 heterocycles. The van der Waals surface area contributed by atoms with Gasteiger partial charge in [-0.2, -0.15) is 0 Å². The molecule has 0 saturated heterocycles. The van der Waals surface area contributed by atoms with Crippen LogP contribution in [0.3, 0.4) is 0 Å². The molecular weight excluding hydrogens is 297 g/mol. The lowest BCUT2D eigenvalue weighted by atomic mass is 10.2. The van der Waals surface area contributed by atoms with E-state index < -0.39 is 0 Å². The molecule has 1 aromatic carbocycles. The van der Waals surface area contributed by atoms with Crippen LogP contribution in [0.1, 0.15) is 43.1 Å². The predicted octanol–water partition coefficient (Wildman–Crippen LogP) is 1.85. The summed E-state index contributed by atoms with van der Waals surface area (Å²) in [7, 11) is 0. The normalized spacial score (nSPS) is 12.4. The molecule has 0 bridgehead atoms. The van der Waals surface area contributed by atoms with Gasteiger partial charge in [0, 0.05) is 12.5 Å². The van der Waals surface area contributed by atoms with E-state index in [-0.39, 0.29) is 29.4 Å². The molecule has 2 rings (SSSR count). The molecule has 1 amide bonds. The number of carbonyl (C=O) groups is 1. The van der Waals surface area contributed by atoms with Gasteiger partial charge in [-0.25, -0.2) is 14.1 Å². The number of nitrogens with two attached hydrogens (primary N) is 1. The molecule has 0 saturated carbocycles. The quantitative estimate of drug-likeness (QED) is 0.851. The molecule has 124 valence electrons. The Balaban J connectivity index is 2.30. The van der Waals surface area contributed by atoms with E-state index >= 15 is 0 Å². The van der Waals surface area contributed by atoms with Crippen molar-refractivity contribution in [2.75, 3.05) is 13.1 Å². The van der Waals surface area contributed by atoms with Gasteiger partial charge in [0.05, 0.1) is 5.69 Å². The van der Waals surface area contributed by atoms with Crippen LogP contribution in [0, 0.1) is 11.7 Å². The van der Waals surface area contributed by atoms with Crippen LogP contribution in [0.15, 0.2) is 24.3 Å². The Kier molecular flexibility index (Phi) is 5.44. The molecule has 1 atom stereocenters. The summed E-state index contributed by atoms with van der Waals surface area (Å²) in [6, 6.07) is 6.04. The minimum absolute atomic E-state index is 0.0373. The summed E-state index contributed by atoms with van der Waals surface area (Å²) in [6.45, 7) is 6.78. The molecule has 6 nitrogen and oxygen atoms in total. The fraction of sp³-hybridized carbons (Fsp3) is 0.438. The summed E-state index contributed by atoms with van der Waals surface area (Å²) in [5.74, 6) is 0.164. The molecule has 0 aliphatic heterocycles. The van der Waals surface area contributed by atoms with Gasteiger partial charge >= 0.3 is 0 Å². The Hall–Kier alpha value is -2.28. The fourth-order valence-electron chi connectivity index (χ4n) is 2.02. The Morgan fingerprint density at radius 2 is 2.13 bits per heavy atom.